The number of urea groups is 1. The molecule has 1 aromatic rings. The van der Waals surface area contributed by atoms with Gasteiger partial charge in [-0.1, -0.05) is 26.0 Å². The molecule has 0 radical (unpaired) electrons. The van der Waals surface area contributed by atoms with Crippen molar-refractivity contribution in [3.8, 4) is 0 Å². The van der Waals surface area contributed by atoms with Gasteiger partial charge in [0, 0.05) is 6.54 Å². The zero-order chi connectivity index (χ0) is 22.5. The zero-order valence-corrected chi connectivity index (χ0v) is 17.7. The second kappa shape index (κ2) is 9.69. The number of halogens is 1. The standard InChI is InChI=1S/C21H28FN3O5/c1-13(2)9-10-21(4)19(28)25(20(29)24-21)12-17(26)30-14(3)18(27)23-11-15-5-7-16(22)8-6-15/h5-8,13-14H,9-12H2,1-4H3,(H,23,27)(H,24,29)/t14-,21-/m0/s1. The van der Waals surface area contributed by atoms with Gasteiger partial charge in [-0.15, -0.1) is 0 Å². The molecule has 0 bridgehead atoms. The lowest BCUT2D eigenvalue weighted by molar-refractivity contribution is -0.156. The van der Waals surface area contributed by atoms with Gasteiger partial charge in [-0.25, -0.2) is 9.18 Å². The molecule has 0 aliphatic carbocycles. The van der Waals surface area contributed by atoms with Gasteiger partial charge in [0.25, 0.3) is 11.8 Å². The fraction of sp³-hybridized carbons (Fsp3) is 0.524. The Morgan fingerprint density at radius 2 is 1.83 bits per heavy atom. The van der Waals surface area contributed by atoms with E-state index in [1.165, 1.54) is 31.2 Å². The van der Waals surface area contributed by atoms with E-state index < -0.39 is 42.0 Å². The largest absolute Gasteiger partial charge is 0.451 e. The molecule has 1 saturated heterocycles. The van der Waals surface area contributed by atoms with E-state index in [1.807, 2.05) is 13.8 Å². The summed E-state index contributed by atoms with van der Waals surface area (Å²) in [5.74, 6) is -1.92. The molecule has 1 fully saturated rings. The molecular weight excluding hydrogens is 393 g/mol. The van der Waals surface area contributed by atoms with Crippen molar-refractivity contribution in [3.63, 3.8) is 0 Å². The van der Waals surface area contributed by atoms with Crippen molar-refractivity contribution in [2.24, 2.45) is 5.92 Å². The predicted molar refractivity (Wildman–Crippen MR) is 107 cm³/mol. The van der Waals surface area contributed by atoms with Gasteiger partial charge < -0.3 is 15.4 Å². The Bertz CT molecular complexity index is 811. The maximum absolute atomic E-state index is 12.9. The van der Waals surface area contributed by atoms with E-state index >= 15 is 0 Å². The van der Waals surface area contributed by atoms with Crippen LogP contribution in [-0.2, 0) is 25.7 Å². The van der Waals surface area contributed by atoms with E-state index in [0.717, 1.165) is 11.3 Å². The quantitative estimate of drug-likeness (QED) is 0.469. The molecule has 1 aromatic carbocycles. The molecule has 0 unspecified atom stereocenters. The molecule has 2 atom stereocenters. The minimum absolute atomic E-state index is 0.141. The summed E-state index contributed by atoms with van der Waals surface area (Å²) in [5, 5.41) is 5.21. The van der Waals surface area contributed by atoms with Crippen LogP contribution in [0.25, 0.3) is 0 Å². The second-order valence-corrected chi connectivity index (χ2v) is 8.06. The van der Waals surface area contributed by atoms with Gasteiger partial charge in [-0.05, 0) is 50.3 Å². The third-order valence-electron chi connectivity index (χ3n) is 4.91. The summed E-state index contributed by atoms with van der Waals surface area (Å²) in [7, 11) is 0. The van der Waals surface area contributed by atoms with Gasteiger partial charge in [0.15, 0.2) is 6.10 Å². The summed E-state index contributed by atoms with van der Waals surface area (Å²) < 4.78 is 18.0. The Kier molecular flexibility index (Phi) is 7.53. The van der Waals surface area contributed by atoms with Gasteiger partial charge in [0.2, 0.25) is 0 Å². The number of imide groups is 1. The Morgan fingerprint density at radius 1 is 1.20 bits per heavy atom. The van der Waals surface area contributed by atoms with Crippen molar-refractivity contribution in [3.05, 3.63) is 35.6 Å². The van der Waals surface area contributed by atoms with Crippen LogP contribution in [-0.4, -0.2) is 46.9 Å². The summed E-state index contributed by atoms with van der Waals surface area (Å²) in [4.78, 5) is 49.9. The molecule has 30 heavy (non-hydrogen) atoms. The smallest absolute Gasteiger partial charge is 0.327 e. The van der Waals surface area contributed by atoms with Crippen molar-refractivity contribution >= 4 is 23.8 Å². The van der Waals surface area contributed by atoms with Crippen LogP contribution >= 0.6 is 0 Å². The molecule has 1 heterocycles. The van der Waals surface area contributed by atoms with Gasteiger partial charge in [-0.2, -0.15) is 0 Å². The summed E-state index contributed by atoms with van der Waals surface area (Å²) >= 11 is 0. The van der Waals surface area contributed by atoms with Crippen LogP contribution in [0.5, 0.6) is 0 Å². The number of nitrogens with zero attached hydrogens (tertiary/aromatic N) is 1. The molecule has 4 amide bonds. The van der Waals surface area contributed by atoms with Crippen molar-refractivity contribution in [1.29, 1.82) is 0 Å². The number of benzene rings is 1. The highest BCUT2D eigenvalue weighted by Gasteiger charge is 2.48. The molecule has 1 aliphatic heterocycles. The van der Waals surface area contributed by atoms with Crippen LogP contribution in [0.4, 0.5) is 9.18 Å². The number of rotatable bonds is 9. The maximum Gasteiger partial charge on any atom is 0.327 e. The van der Waals surface area contributed by atoms with E-state index in [2.05, 4.69) is 10.6 Å². The molecule has 0 spiro atoms. The first-order valence-corrected chi connectivity index (χ1v) is 9.87. The first kappa shape index (κ1) is 23.3. The highest BCUT2D eigenvalue weighted by atomic mass is 19.1. The van der Waals surface area contributed by atoms with Crippen LogP contribution in [0.1, 0.15) is 46.1 Å². The van der Waals surface area contributed by atoms with Gasteiger partial charge >= 0.3 is 12.0 Å². The minimum Gasteiger partial charge on any atom is -0.451 e. The average molecular weight is 421 g/mol. The van der Waals surface area contributed by atoms with Crippen LogP contribution in [0.3, 0.4) is 0 Å². The van der Waals surface area contributed by atoms with Crippen molar-refractivity contribution < 1.29 is 28.3 Å². The Balaban J connectivity index is 1.85. The molecule has 0 saturated carbocycles. The summed E-state index contributed by atoms with van der Waals surface area (Å²) in [6.07, 6.45) is 0.0840. The van der Waals surface area contributed by atoms with Crippen LogP contribution in [0, 0.1) is 11.7 Å². The first-order chi connectivity index (χ1) is 14.0. The van der Waals surface area contributed by atoms with Crippen molar-refractivity contribution in [2.45, 2.75) is 58.7 Å². The fourth-order valence-electron chi connectivity index (χ4n) is 2.99. The highest BCUT2D eigenvalue weighted by molar-refractivity contribution is 6.08. The SMILES string of the molecule is CC(C)CC[C@]1(C)NC(=O)N(CC(=O)O[C@@H](C)C(=O)NCc2ccc(F)cc2)C1=O. The van der Waals surface area contributed by atoms with E-state index in [4.69, 9.17) is 4.74 Å². The van der Waals surface area contributed by atoms with E-state index in [0.29, 0.717) is 17.9 Å². The second-order valence-electron chi connectivity index (χ2n) is 8.06. The predicted octanol–water partition coefficient (Wildman–Crippen LogP) is 2.12. The molecule has 8 nitrogen and oxygen atoms in total. The number of nitrogens with one attached hydrogen (secondary N) is 2. The lowest BCUT2D eigenvalue weighted by Gasteiger charge is -2.22. The maximum atomic E-state index is 12.9. The summed E-state index contributed by atoms with van der Waals surface area (Å²) in [5.41, 5.74) is -0.372. The number of hydrogen-bond donors (Lipinski definition) is 2. The van der Waals surface area contributed by atoms with Crippen LogP contribution in [0.2, 0.25) is 0 Å². The van der Waals surface area contributed by atoms with E-state index in [9.17, 15) is 23.6 Å². The lowest BCUT2D eigenvalue weighted by Crippen LogP contribution is -2.45. The normalized spacial score (nSPS) is 19.6. The molecule has 9 heteroatoms. The van der Waals surface area contributed by atoms with Crippen LogP contribution < -0.4 is 10.6 Å². The Morgan fingerprint density at radius 3 is 2.43 bits per heavy atom. The molecule has 1 aliphatic rings. The summed E-state index contributed by atoms with van der Waals surface area (Å²) in [6, 6.07) is 4.95. The monoisotopic (exact) mass is 421 g/mol. The zero-order valence-electron chi connectivity index (χ0n) is 17.7. The molecule has 2 N–H and O–H groups in total. The van der Waals surface area contributed by atoms with Gasteiger partial charge in [0.1, 0.15) is 17.9 Å². The molecular formula is C21H28FN3O5. The third kappa shape index (κ3) is 6.01. The van der Waals surface area contributed by atoms with Crippen LogP contribution in [0.15, 0.2) is 24.3 Å². The third-order valence-corrected chi connectivity index (χ3v) is 4.91. The number of carbonyl (C=O) groups is 4. The van der Waals surface area contributed by atoms with Gasteiger partial charge in [-0.3, -0.25) is 19.3 Å². The molecule has 0 aromatic heterocycles. The topological polar surface area (TPSA) is 105 Å². The number of hydrogen-bond acceptors (Lipinski definition) is 5. The minimum atomic E-state index is -1.12. The number of carbonyl (C=O) groups excluding carboxylic acids is 4. The molecule has 2 rings (SSSR count). The highest BCUT2D eigenvalue weighted by Crippen LogP contribution is 2.24. The van der Waals surface area contributed by atoms with E-state index in [-0.39, 0.29) is 12.4 Å². The fourth-order valence-corrected chi connectivity index (χ4v) is 2.99. The van der Waals surface area contributed by atoms with Gasteiger partial charge in [0.05, 0.1) is 0 Å². The number of esters is 1. The lowest BCUT2D eigenvalue weighted by atomic mass is 9.92. The Hall–Kier alpha value is -2.97. The number of ether oxygens (including phenoxy) is 1. The summed E-state index contributed by atoms with van der Waals surface area (Å²) in [6.45, 7) is 6.62. The number of amides is 4. The Labute approximate surface area is 175 Å². The molecule has 164 valence electrons. The first-order valence-electron chi connectivity index (χ1n) is 9.87. The van der Waals surface area contributed by atoms with Crippen molar-refractivity contribution in [2.75, 3.05) is 6.54 Å². The van der Waals surface area contributed by atoms with E-state index in [1.54, 1.807) is 6.92 Å². The van der Waals surface area contributed by atoms with Crippen molar-refractivity contribution in [1.82, 2.24) is 15.5 Å². The average Bonchev–Trinajstić information content (AvgIpc) is 2.89.